The largest absolute Gasteiger partial charge is 0.497 e. The standard InChI is InChI=1S/C17H26N4O2/c1-4-5-6-7-8-21-17(16(12-18)19-20-21)13-9-14(22-2)11-15(10-13)23-3/h9-11H,4-8,12,18H2,1-3H3. The Balaban J connectivity index is 2.35. The van der Waals surface area contributed by atoms with Crippen LogP contribution < -0.4 is 15.2 Å². The van der Waals surface area contributed by atoms with Crippen LogP contribution in [-0.4, -0.2) is 29.2 Å². The van der Waals surface area contributed by atoms with Crippen LogP contribution in [0.25, 0.3) is 11.3 Å². The predicted octanol–water partition coefficient (Wildman–Crippen LogP) is 3.00. The zero-order valence-corrected chi connectivity index (χ0v) is 14.2. The van der Waals surface area contributed by atoms with Crippen LogP contribution in [0.3, 0.4) is 0 Å². The molecule has 1 aromatic heterocycles. The van der Waals surface area contributed by atoms with Crippen LogP contribution in [0.1, 0.15) is 38.3 Å². The molecule has 0 aliphatic heterocycles. The first-order chi connectivity index (χ1) is 11.2. The van der Waals surface area contributed by atoms with Gasteiger partial charge in [0.1, 0.15) is 17.2 Å². The van der Waals surface area contributed by atoms with Gasteiger partial charge in [0.15, 0.2) is 0 Å². The first-order valence-corrected chi connectivity index (χ1v) is 8.09. The minimum Gasteiger partial charge on any atom is -0.497 e. The Morgan fingerprint density at radius 2 is 1.74 bits per heavy atom. The number of aromatic nitrogens is 3. The van der Waals surface area contributed by atoms with Gasteiger partial charge in [-0.05, 0) is 18.6 Å². The normalized spacial score (nSPS) is 10.8. The number of ether oxygens (including phenoxy) is 2. The van der Waals surface area contributed by atoms with Gasteiger partial charge in [0.05, 0.1) is 19.9 Å². The Morgan fingerprint density at radius 3 is 2.30 bits per heavy atom. The molecule has 0 amide bonds. The van der Waals surface area contributed by atoms with Gasteiger partial charge in [0.2, 0.25) is 0 Å². The van der Waals surface area contributed by atoms with Gasteiger partial charge in [0.25, 0.3) is 0 Å². The van der Waals surface area contributed by atoms with Gasteiger partial charge in [-0.15, -0.1) is 5.10 Å². The molecular weight excluding hydrogens is 292 g/mol. The summed E-state index contributed by atoms with van der Waals surface area (Å²) in [5.74, 6) is 1.47. The second-order valence-corrected chi connectivity index (χ2v) is 5.47. The van der Waals surface area contributed by atoms with Crippen LogP contribution in [0, 0.1) is 0 Å². The lowest BCUT2D eigenvalue weighted by Gasteiger charge is -2.11. The molecule has 0 radical (unpaired) electrons. The fourth-order valence-electron chi connectivity index (χ4n) is 2.59. The van der Waals surface area contributed by atoms with E-state index in [0.717, 1.165) is 41.4 Å². The van der Waals surface area contributed by atoms with Crippen LogP contribution in [0.4, 0.5) is 0 Å². The van der Waals surface area contributed by atoms with Crippen molar-refractivity contribution in [1.29, 1.82) is 0 Å². The van der Waals surface area contributed by atoms with Gasteiger partial charge in [-0.1, -0.05) is 31.4 Å². The molecule has 0 bridgehead atoms. The quantitative estimate of drug-likeness (QED) is 0.719. The summed E-state index contributed by atoms with van der Waals surface area (Å²) in [6.07, 6.45) is 4.72. The van der Waals surface area contributed by atoms with Gasteiger partial charge in [-0.2, -0.15) is 0 Å². The molecule has 1 heterocycles. The van der Waals surface area contributed by atoms with Crippen molar-refractivity contribution in [2.45, 2.75) is 45.7 Å². The summed E-state index contributed by atoms with van der Waals surface area (Å²) in [4.78, 5) is 0. The fourth-order valence-corrected chi connectivity index (χ4v) is 2.59. The molecule has 0 atom stereocenters. The fraction of sp³-hybridized carbons (Fsp3) is 0.529. The number of aryl methyl sites for hydroxylation is 1. The van der Waals surface area contributed by atoms with E-state index in [0.29, 0.717) is 6.54 Å². The number of nitrogens with two attached hydrogens (primary N) is 1. The minimum atomic E-state index is 0.351. The average Bonchev–Trinajstić information content (AvgIpc) is 3.01. The van der Waals surface area contributed by atoms with Gasteiger partial charge in [-0.3, -0.25) is 0 Å². The predicted molar refractivity (Wildman–Crippen MR) is 90.6 cm³/mol. The number of hydrogen-bond acceptors (Lipinski definition) is 5. The van der Waals surface area contributed by atoms with E-state index < -0.39 is 0 Å². The summed E-state index contributed by atoms with van der Waals surface area (Å²) in [5.41, 5.74) is 8.53. The van der Waals surface area contributed by atoms with E-state index in [9.17, 15) is 0 Å². The second-order valence-electron chi connectivity index (χ2n) is 5.47. The lowest BCUT2D eigenvalue weighted by Crippen LogP contribution is -2.05. The third-order valence-electron chi connectivity index (χ3n) is 3.85. The van der Waals surface area contributed by atoms with Crippen molar-refractivity contribution in [3.05, 3.63) is 23.9 Å². The highest BCUT2D eigenvalue weighted by Gasteiger charge is 2.15. The van der Waals surface area contributed by atoms with Crippen LogP contribution in [0.2, 0.25) is 0 Å². The summed E-state index contributed by atoms with van der Waals surface area (Å²) < 4.78 is 12.7. The Hall–Kier alpha value is -2.08. The van der Waals surface area contributed by atoms with Crippen LogP contribution >= 0.6 is 0 Å². The van der Waals surface area contributed by atoms with Gasteiger partial charge < -0.3 is 15.2 Å². The molecule has 0 aliphatic carbocycles. The Labute approximate surface area is 137 Å². The molecule has 23 heavy (non-hydrogen) atoms. The summed E-state index contributed by atoms with van der Waals surface area (Å²) in [6.45, 7) is 3.39. The van der Waals surface area contributed by atoms with E-state index in [1.165, 1.54) is 19.3 Å². The van der Waals surface area contributed by atoms with Crippen molar-refractivity contribution in [3.8, 4) is 22.8 Å². The van der Waals surface area contributed by atoms with Crippen LogP contribution in [0.15, 0.2) is 18.2 Å². The molecule has 2 rings (SSSR count). The molecule has 0 saturated heterocycles. The molecule has 126 valence electrons. The SMILES string of the molecule is CCCCCCn1nnc(CN)c1-c1cc(OC)cc(OC)c1. The highest BCUT2D eigenvalue weighted by atomic mass is 16.5. The molecule has 6 nitrogen and oxygen atoms in total. The second kappa shape index (κ2) is 8.53. The smallest absolute Gasteiger partial charge is 0.123 e. The van der Waals surface area contributed by atoms with E-state index >= 15 is 0 Å². The van der Waals surface area contributed by atoms with E-state index in [1.54, 1.807) is 14.2 Å². The number of hydrogen-bond donors (Lipinski definition) is 1. The average molecular weight is 318 g/mol. The molecule has 0 unspecified atom stereocenters. The maximum Gasteiger partial charge on any atom is 0.123 e. The molecule has 2 aromatic rings. The van der Waals surface area contributed by atoms with Crippen molar-refractivity contribution in [2.75, 3.05) is 14.2 Å². The van der Waals surface area contributed by atoms with Crippen molar-refractivity contribution in [3.63, 3.8) is 0 Å². The van der Waals surface area contributed by atoms with Gasteiger partial charge in [0, 0.05) is 24.7 Å². The van der Waals surface area contributed by atoms with Crippen molar-refractivity contribution in [2.24, 2.45) is 5.73 Å². The first-order valence-electron chi connectivity index (χ1n) is 8.09. The van der Waals surface area contributed by atoms with Gasteiger partial charge >= 0.3 is 0 Å². The summed E-state index contributed by atoms with van der Waals surface area (Å²) in [5, 5.41) is 8.50. The highest BCUT2D eigenvalue weighted by Crippen LogP contribution is 2.31. The van der Waals surface area contributed by atoms with Crippen molar-refractivity contribution >= 4 is 0 Å². The van der Waals surface area contributed by atoms with Crippen molar-refractivity contribution in [1.82, 2.24) is 15.0 Å². The molecule has 0 fully saturated rings. The Morgan fingerprint density at radius 1 is 1.04 bits per heavy atom. The summed E-state index contributed by atoms with van der Waals surface area (Å²) >= 11 is 0. The lowest BCUT2D eigenvalue weighted by molar-refractivity contribution is 0.394. The van der Waals surface area contributed by atoms with Crippen molar-refractivity contribution < 1.29 is 9.47 Å². The van der Waals surface area contributed by atoms with E-state index in [2.05, 4.69) is 17.2 Å². The molecule has 0 aliphatic rings. The first kappa shape index (κ1) is 17.3. The maximum absolute atomic E-state index is 5.84. The van der Waals surface area contributed by atoms with Crippen LogP contribution in [0.5, 0.6) is 11.5 Å². The highest BCUT2D eigenvalue weighted by molar-refractivity contribution is 5.66. The molecule has 0 spiro atoms. The summed E-state index contributed by atoms with van der Waals surface area (Å²) in [6, 6.07) is 5.77. The topological polar surface area (TPSA) is 75.2 Å². The third kappa shape index (κ3) is 4.22. The zero-order chi connectivity index (χ0) is 16.7. The number of benzene rings is 1. The number of unbranched alkanes of at least 4 members (excludes halogenated alkanes) is 3. The van der Waals surface area contributed by atoms with E-state index in [1.807, 2.05) is 22.9 Å². The molecule has 6 heteroatoms. The molecule has 1 aromatic carbocycles. The zero-order valence-electron chi connectivity index (χ0n) is 14.2. The number of rotatable bonds is 9. The Kier molecular flexibility index (Phi) is 6.40. The van der Waals surface area contributed by atoms with Gasteiger partial charge in [-0.25, -0.2) is 4.68 Å². The van der Waals surface area contributed by atoms with E-state index in [4.69, 9.17) is 15.2 Å². The minimum absolute atomic E-state index is 0.351. The third-order valence-corrected chi connectivity index (χ3v) is 3.85. The molecule has 0 saturated carbocycles. The molecule has 2 N–H and O–H groups in total. The molecular formula is C17H26N4O2. The monoisotopic (exact) mass is 318 g/mol. The Bertz CT molecular complexity index is 603. The van der Waals surface area contributed by atoms with E-state index in [-0.39, 0.29) is 0 Å². The maximum atomic E-state index is 5.84. The lowest BCUT2D eigenvalue weighted by atomic mass is 10.1. The number of nitrogens with zero attached hydrogens (tertiary/aromatic N) is 3. The number of methoxy groups -OCH3 is 2. The summed E-state index contributed by atoms with van der Waals surface area (Å²) in [7, 11) is 3.28. The van der Waals surface area contributed by atoms with Crippen LogP contribution in [-0.2, 0) is 13.1 Å².